The lowest BCUT2D eigenvalue weighted by Crippen LogP contribution is -2.38. The van der Waals surface area contributed by atoms with Gasteiger partial charge in [0.25, 0.3) is 0 Å². The van der Waals surface area contributed by atoms with Crippen LogP contribution < -0.4 is 0 Å². The van der Waals surface area contributed by atoms with Gasteiger partial charge in [0, 0.05) is 19.2 Å². The van der Waals surface area contributed by atoms with Gasteiger partial charge in [0.05, 0.1) is 0 Å². The first-order valence-electron chi connectivity index (χ1n) is 6.66. The van der Waals surface area contributed by atoms with E-state index in [0.29, 0.717) is 0 Å². The van der Waals surface area contributed by atoms with Crippen molar-refractivity contribution in [3.05, 3.63) is 17.6 Å². The molecular weight excluding hydrogens is 282 g/mol. The van der Waals surface area contributed by atoms with E-state index < -0.39 is 16.0 Å². The van der Waals surface area contributed by atoms with Gasteiger partial charge in [-0.15, -0.1) is 0 Å². The molecule has 20 heavy (non-hydrogen) atoms. The van der Waals surface area contributed by atoms with Crippen LogP contribution in [0.2, 0.25) is 0 Å². The highest BCUT2D eigenvalue weighted by Gasteiger charge is 2.32. The molecule has 1 aromatic rings. The molecule has 1 fully saturated rings. The molecule has 1 N–H and O–H groups in total. The number of hydrogen-bond donors (Lipinski definition) is 1. The highest BCUT2D eigenvalue weighted by Crippen LogP contribution is 2.29. The maximum absolute atomic E-state index is 12.6. The summed E-state index contributed by atoms with van der Waals surface area (Å²) in [5, 5.41) is 8.87. The highest BCUT2D eigenvalue weighted by molar-refractivity contribution is 7.89. The van der Waals surface area contributed by atoms with E-state index in [1.165, 1.54) is 11.2 Å². The lowest BCUT2D eigenvalue weighted by Gasteiger charge is -2.30. The number of furan rings is 1. The molecule has 0 bridgehead atoms. The summed E-state index contributed by atoms with van der Waals surface area (Å²) in [7, 11) is -2.15. The van der Waals surface area contributed by atoms with Gasteiger partial charge < -0.3 is 9.52 Å². The first-order chi connectivity index (χ1) is 9.34. The van der Waals surface area contributed by atoms with Crippen LogP contribution in [-0.2, 0) is 10.0 Å². The maximum atomic E-state index is 12.6. The first-order valence-corrected chi connectivity index (χ1v) is 8.10. The second kappa shape index (κ2) is 5.57. The quantitative estimate of drug-likeness (QED) is 0.921. The predicted molar refractivity (Wildman–Crippen MR) is 72.2 cm³/mol. The summed E-state index contributed by atoms with van der Waals surface area (Å²) in [4.78, 5) is 10.8. The number of aromatic carboxylic acids is 1. The molecule has 0 spiro atoms. The fraction of sp³-hybridized carbons (Fsp3) is 0.615. The van der Waals surface area contributed by atoms with Crippen LogP contribution in [0, 0.1) is 6.92 Å². The lowest BCUT2D eigenvalue weighted by molar-refractivity contribution is 0.0661. The largest absolute Gasteiger partial charge is 0.475 e. The van der Waals surface area contributed by atoms with E-state index in [-0.39, 0.29) is 22.5 Å². The second-order valence-corrected chi connectivity index (χ2v) is 7.12. The van der Waals surface area contributed by atoms with Crippen molar-refractivity contribution in [1.82, 2.24) is 4.31 Å². The number of rotatable bonds is 4. The Balaban J connectivity index is 2.31. The summed E-state index contributed by atoms with van der Waals surface area (Å²) in [5.41, 5.74) is 0. The van der Waals surface area contributed by atoms with E-state index >= 15 is 0 Å². The van der Waals surface area contributed by atoms with Gasteiger partial charge in [-0.25, -0.2) is 13.2 Å². The zero-order chi connectivity index (χ0) is 14.9. The summed E-state index contributed by atoms with van der Waals surface area (Å²) in [6, 6.07) is 1.07. The molecule has 1 heterocycles. The number of sulfonamides is 1. The fourth-order valence-corrected chi connectivity index (χ4v) is 4.20. The van der Waals surface area contributed by atoms with Crippen molar-refractivity contribution < 1.29 is 22.7 Å². The lowest BCUT2D eigenvalue weighted by atomic mass is 9.96. The Hall–Kier alpha value is -1.34. The molecule has 0 radical (unpaired) electrons. The Kier molecular flexibility index (Phi) is 4.19. The summed E-state index contributed by atoms with van der Waals surface area (Å²) in [6.45, 7) is 1.47. The molecule has 1 aliphatic rings. The minimum absolute atomic E-state index is 0.0173. The summed E-state index contributed by atoms with van der Waals surface area (Å²) >= 11 is 0. The van der Waals surface area contributed by atoms with Gasteiger partial charge in [-0.3, -0.25) is 0 Å². The first kappa shape index (κ1) is 15.1. The minimum Gasteiger partial charge on any atom is -0.475 e. The van der Waals surface area contributed by atoms with Crippen molar-refractivity contribution in [1.29, 1.82) is 0 Å². The van der Waals surface area contributed by atoms with E-state index in [1.807, 2.05) is 0 Å². The third-order valence-corrected chi connectivity index (χ3v) is 5.85. The number of hydrogen-bond acceptors (Lipinski definition) is 4. The molecule has 1 saturated carbocycles. The molecule has 1 aliphatic carbocycles. The monoisotopic (exact) mass is 301 g/mol. The molecule has 0 amide bonds. The summed E-state index contributed by atoms with van der Waals surface area (Å²) < 4.78 is 31.5. The number of nitrogens with zero attached hydrogens (tertiary/aromatic N) is 1. The number of aryl methyl sites for hydroxylation is 1. The minimum atomic E-state index is -3.71. The van der Waals surface area contributed by atoms with Crippen molar-refractivity contribution in [3.63, 3.8) is 0 Å². The number of carbonyl (C=O) groups is 1. The SMILES string of the molecule is Cc1oc(C(=O)O)cc1S(=O)(=O)N(C)C1CCCCC1. The van der Waals surface area contributed by atoms with Crippen LogP contribution >= 0.6 is 0 Å². The Morgan fingerprint density at radius 1 is 1.35 bits per heavy atom. The van der Waals surface area contributed by atoms with Crippen LogP contribution in [0.4, 0.5) is 0 Å². The number of carboxylic acids is 1. The molecule has 0 saturated heterocycles. The summed E-state index contributed by atoms with van der Waals surface area (Å²) in [6.07, 6.45) is 4.87. The molecule has 1 aromatic heterocycles. The Labute approximate surface area is 118 Å². The van der Waals surface area contributed by atoms with Gasteiger partial charge in [-0.05, 0) is 19.8 Å². The van der Waals surface area contributed by atoms with Crippen molar-refractivity contribution in [3.8, 4) is 0 Å². The Morgan fingerprint density at radius 2 is 1.95 bits per heavy atom. The third kappa shape index (κ3) is 2.73. The molecule has 0 unspecified atom stereocenters. The van der Waals surface area contributed by atoms with Crippen LogP contribution in [0.5, 0.6) is 0 Å². The van der Waals surface area contributed by atoms with Crippen molar-refractivity contribution in [2.45, 2.75) is 50.0 Å². The molecule has 6 nitrogen and oxygen atoms in total. The van der Waals surface area contributed by atoms with E-state index in [2.05, 4.69) is 0 Å². The van der Waals surface area contributed by atoms with Crippen LogP contribution in [0.3, 0.4) is 0 Å². The van der Waals surface area contributed by atoms with E-state index in [9.17, 15) is 13.2 Å². The topological polar surface area (TPSA) is 87.8 Å². The van der Waals surface area contributed by atoms with Crippen molar-refractivity contribution in [2.24, 2.45) is 0 Å². The van der Waals surface area contributed by atoms with Crippen LogP contribution in [-0.4, -0.2) is 36.9 Å². The van der Waals surface area contributed by atoms with E-state index in [0.717, 1.165) is 38.2 Å². The van der Waals surface area contributed by atoms with Gasteiger partial charge >= 0.3 is 5.97 Å². The molecule has 0 aliphatic heterocycles. The van der Waals surface area contributed by atoms with Crippen molar-refractivity contribution in [2.75, 3.05) is 7.05 Å². The molecule has 0 atom stereocenters. The number of carboxylic acid groups (broad SMARTS) is 1. The zero-order valence-electron chi connectivity index (χ0n) is 11.6. The van der Waals surface area contributed by atoms with Gasteiger partial charge in [0.1, 0.15) is 10.7 Å². The van der Waals surface area contributed by atoms with Crippen LogP contribution in [0.1, 0.15) is 48.4 Å². The van der Waals surface area contributed by atoms with Gasteiger partial charge in [0.15, 0.2) is 0 Å². The molecule has 0 aromatic carbocycles. The third-order valence-electron chi connectivity index (χ3n) is 3.83. The average Bonchev–Trinajstić information content (AvgIpc) is 2.82. The zero-order valence-corrected chi connectivity index (χ0v) is 12.4. The maximum Gasteiger partial charge on any atom is 0.371 e. The Morgan fingerprint density at radius 3 is 2.45 bits per heavy atom. The van der Waals surface area contributed by atoms with Crippen LogP contribution in [0.25, 0.3) is 0 Å². The van der Waals surface area contributed by atoms with Crippen molar-refractivity contribution >= 4 is 16.0 Å². The average molecular weight is 301 g/mol. The molecular formula is C13H19NO5S. The Bertz CT molecular complexity index is 598. The molecule has 2 rings (SSSR count). The van der Waals surface area contributed by atoms with E-state index in [1.54, 1.807) is 7.05 Å². The predicted octanol–water partition coefficient (Wildman–Crippen LogP) is 2.24. The van der Waals surface area contributed by atoms with Gasteiger partial charge in [-0.1, -0.05) is 19.3 Å². The highest BCUT2D eigenvalue weighted by atomic mass is 32.2. The second-order valence-electron chi connectivity index (χ2n) is 5.15. The van der Waals surface area contributed by atoms with E-state index in [4.69, 9.17) is 9.52 Å². The fourth-order valence-electron chi connectivity index (χ4n) is 2.62. The standard InChI is InChI=1S/C13H19NO5S/c1-9-12(8-11(19-9)13(15)16)20(17,18)14(2)10-6-4-3-5-7-10/h8,10H,3-7H2,1-2H3,(H,15,16). The van der Waals surface area contributed by atoms with Crippen LogP contribution in [0.15, 0.2) is 15.4 Å². The van der Waals surface area contributed by atoms with Gasteiger partial charge in [0.2, 0.25) is 15.8 Å². The molecule has 7 heteroatoms. The molecule has 112 valence electrons. The summed E-state index contributed by atoms with van der Waals surface area (Å²) in [5.74, 6) is -1.50. The normalized spacial score (nSPS) is 17.6. The van der Waals surface area contributed by atoms with Gasteiger partial charge in [-0.2, -0.15) is 4.31 Å². The smallest absolute Gasteiger partial charge is 0.371 e.